The van der Waals surface area contributed by atoms with E-state index in [9.17, 15) is 0 Å². The minimum absolute atomic E-state index is 0.714. The Morgan fingerprint density at radius 1 is 0.846 bits per heavy atom. The van der Waals surface area contributed by atoms with Crippen LogP contribution in [0.1, 0.15) is 46.0 Å². The van der Waals surface area contributed by atoms with Gasteiger partial charge in [0.25, 0.3) is 0 Å². The van der Waals surface area contributed by atoms with Crippen LogP contribution >= 0.6 is 7.26 Å². The molecule has 0 aromatic heterocycles. The van der Waals surface area contributed by atoms with Crippen LogP contribution in [0.15, 0.2) is 84.2 Å². The number of hydrogen-bond acceptors (Lipinski definition) is 0. The molecule has 138 valence electrons. The van der Waals surface area contributed by atoms with Gasteiger partial charge in [0.15, 0.2) is 0 Å². The van der Waals surface area contributed by atoms with Crippen LogP contribution in [0.25, 0.3) is 0 Å². The fourth-order valence-electron chi connectivity index (χ4n) is 4.54. The predicted octanol–water partition coefficient (Wildman–Crippen LogP) is 6.45. The standard InChI is InChI=1S/C25H33P/c1-3-5-13-22-14-12-19-25(21-22)26(20-4-2,23-15-8-6-9-16-23)24-17-10-7-11-18-24/h6-12,14-19,22,26H,3-5,13,20-21H2,1-2H3. The van der Waals surface area contributed by atoms with Crippen LogP contribution in [-0.2, 0) is 0 Å². The molecule has 0 bridgehead atoms. The first-order valence-corrected chi connectivity index (χ1v) is 12.5. The zero-order valence-corrected chi connectivity index (χ0v) is 17.3. The molecule has 0 nitrogen and oxygen atoms in total. The monoisotopic (exact) mass is 364 g/mol. The van der Waals surface area contributed by atoms with Crippen molar-refractivity contribution >= 4 is 17.9 Å². The van der Waals surface area contributed by atoms with Gasteiger partial charge in [0.1, 0.15) is 0 Å². The molecular formula is C25H33P. The van der Waals surface area contributed by atoms with Crippen LogP contribution in [0.5, 0.6) is 0 Å². The van der Waals surface area contributed by atoms with Crippen molar-refractivity contribution in [2.75, 3.05) is 6.16 Å². The first kappa shape index (κ1) is 19.1. The number of unbranched alkanes of at least 4 members (excludes halogenated alkanes) is 1. The van der Waals surface area contributed by atoms with Crippen LogP contribution in [0.2, 0.25) is 0 Å². The summed E-state index contributed by atoms with van der Waals surface area (Å²) in [5.41, 5.74) is 0. The van der Waals surface area contributed by atoms with Crippen molar-refractivity contribution < 1.29 is 0 Å². The molecule has 0 saturated carbocycles. The fourth-order valence-corrected chi connectivity index (χ4v) is 9.77. The van der Waals surface area contributed by atoms with Gasteiger partial charge in [0, 0.05) is 0 Å². The van der Waals surface area contributed by atoms with E-state index in [4.69, 9.17) is 0 Å². The Bertz CT molecular complexity index is 688. The summed E-state index contributed by atoms with van der Waals surface area (Å²) in [4.78, 5) is 0. The van der Waals surface area contributed by atoms with Crippen molar-refractivity contribution in [3.8, 4) is 0 Å². The van der Waals surface area contributed by atoms with E-state index >= 15 is 0 Å². The second-order valence-corrected chi connectivity index (χ2v) is 11.7. The van der Waals surface area contributed by atoms with Crippen LogP contribution in [0, 0.1) is 5.92 Å². The molecule has 1 aliphatic rings. The zero-order valence-electron chi connectivity index (χ0n) is 16.3. The van der Waals surface area contributed by atoms with Gasteiger partial charge in [-0.15, -0.1) is 0 Å². The summed E-state index contributed by atoms with van der Waals surface area (Å²) in [6, 6.07) is 22.7. The summed E-state index contributed by atoms with van der Waals surface area (Å²) in [6.07, 6.45) is 15.0. The molecule has 3 rings (SSSR count). The maximum atomic E-state index is 2.46. The molecular weight excluding hydrogens is 331 g/mol. The molecule has 0 amide bonds. The Labute approximate surface area is 160 Å². The van der Waals surface area contributed by atoms with E-state index in [-0.39, 0.29) is 0 Å². The Hall–Kier alpha value is -1.65. The number of benzene rings is 2. The third-order valence-corrected chi connectivity index (χ3v) is 11.2. The zero-order chi connectivity index (χ0) is 18.2. The normalized spacial score (nSPS) is 17.8. The topological polar surface area (TPSA) is 0 Å². The summed E-state index contributed by atoms with van der Waals surface area (Å²) >= 11 is 0. The molecule has 1 unspecified atom stereocenters. The van der Waals surface area contributed by atoms with Crippen molar-refractivity contribution in [3.63, 3.8) is 0 Å². The molecule has 1 aliphatic carbocycles. The van der Waals surface area contributed by atoms with Crippen molar-refractivity contribution in [2.24, 2.45) is 5.92 Å². The fraction of sp³-hybridized carbons (Fsp3) is 0.360. The van der Waals surface area contributed by atoms with E-state index in [1.165, 1.54) is 38.3 Å². The Kier molecular flexibility index (Phi) is 6.86. The third-order valence-electron chi connectivity index (χ3n) is 5.80. The number of hydrogen-bond donors (Lipinski definition) is 0. The molecule has 2 aromatic rings. The van der Waals surface area contributed by atoms with Gasteiger partial charge >= 0.3 is 160 Å². The van der Waals surface area contributed by atoms with E-state index in [0.29, 0.717) is 5.92 Å². The van der Waals surface area contributed by atoms with Crippen molar-refractivity contribution in [3.05, 3.63) is 84.2 Å². The van der Waals surface area contributed by atoms with E-state index in [1.807, 2.05) is 0 Å². The quantitative estimate of drug-likeness (QED) is 0.472. The molecule has 0 fully saturated rings. The maximum absolute atomic E-state index is 2.46. The number of rotatable bonds is 8. The summed E-state index contributed by atoms with van der Waals surface area (Å²) in [7, 11) is -1.92. The van der Waals surface area contributed by atoms with Crippen LogP contribution in [0.4, 0.5) is 0 Å². The molecule has 0 spiro atoms. The average molecular weight is 365 g/mol. The Balaban J connectivity index is 2.09. The second kappa shape index (κ2) is 9.33. The summed E-state index contributed by atoms with van der Waals surface area (Å²) < 4.78 is 0. The molecule has 1 atom stereocenters. The minimum atomic E-state index is -1.92. The van der Waals surface area contributed by atoms with Gasteiger partial charge in [-0.05, 0) is 0 Å². The van der Waals surface area contributed by atoms with E-state index in [2.05, 4.69) is 92.7 Å². The van der Waals surface area contributed by atoms with Gasteiger partial charge in [-0.3, -0.25) is 0 Å². The predicted molar refractivity (Wildman–Crippen MR) is 120 cm³/mol. The van der Waals surface area contributed by atoms with Crippen LogP contribution in [-0.4, -0.2) is 6.16 Å². The van der Waals surface area contributed by atoms with Crippen molar-refractivity contribution in [1.82, 2.24) is 0 Å². The van der Waals surface area contributed by atoms with Gasteiger partial charge in [0.2, 0.25) is 0 Å². The average Bonchev–Trinajstić information content (AvgIpc) is 2.72. The second-order valence-electron chi connectivity index (χ2n) is 7.57. The molecule has 2 aromatic carbocycles. The van der Waals surface area contributed by atoms with Crippen LogP contribution in [0.3, 0.4) is 0 Å². The van der Waals surface area contributed by atoms with Gasteiger partial charge in [0.05, 0.1) is 0 Å². The van der Waals surface area contributed by atoms with E-state index < -0.39 is 7.26 Å². The van der Waals surface area contributed by atoms with Crippen LogP contribution < -0.4 is 10.6 Å². The molecule has 1 heteroatoms. The first-order chi connectivity index (χ1) is 12.8. The molecule has 0 aliphatic heterocycles. The SMILES string of the molecule is CCCCC1C=CC=C([PH](CCC)(c2ccccc2)c2ccccc2)C1. The van der Waals surface area contributed by atoms with Crippen molar-refractivity contribution in [1.29, 1.82) is 0 Å². The Morgan fingerprint density at radius 2 is 1.46 bits per heavy atom. The van der Waals surface area contributed by atoms with Gasteiger partial charge in [-0.1, -0.05) is 0 Å². The molecule has 0 N–H and O–H groups in total. The third kappa shape index (κ3) is 4.02. The summed E-state index contributed by atoms with van der Waals surface area (Å²) in [6.45, 7) is 4.65. The van der Waals surface area contributed by atoms with Gasteiger partial charge in [-0.2, -0.15) is 0 Å². The molecule has 0 heterocycles. The number of allylic oxidation sites excluding steroid dienone is 4. The summed E-state index contributed by atoms with van der Waals surface area (Å²) in [5.74, 6) is 0.714. The van der Waals surface area contributed by atoms with Gasteiger partial charge in [-0.25, -0.2) is 0 Å². The van der Waals surface area contributed by atoms with E-state index in [0.717, 1.165) is 0 Å². The first-order valence-electron chi connectivity index (χ1n) is 10.3. The molecule has 0 radical (unpaired) electrons. The Morgan fingerprint density at radius 3 is 2.00 bits per heavy atom. The van der Waals surface area contributed by atoms with E-state index in [1.54, 1.807) is 15.9 Å². The van der Waals surface area contributed by atoms with Gasteiger partial charge < -0.3 is 0 Å². The molecule has 26 heavy (non-hydrogen) atoms. The molecule has 0 saturated heterocycles. The summed E-state index contributed by atoms with van der Waals surface area (Å²) in [5, 5.41) is 4.87. The van der Waals surface area contributed by atoms with Crippen molar-refractivity contribution in [2.45, 2.75) is 46.0 Å².